The highest BCUT2D eigenvalue weighted by atomic mass is 32.1. The average Bonchev–Trinajstić information content (AvgIpc) is 3.21. The van der Waals surface area contributed by atoms with Gasteiger partial charge in [-0.1, -0.05) is 0 Å². The summed E-state index contributed by atoms with van der Waals surface area (Å²) in [6, 6.07) is 0.00316. The molecule has 0 saturated carbocycles. The number of hydrogen-bond donors (Lipinski definition) is 2. The number of aryl methyl sites for hydroxylation is 2. The number of carbonyl (C=O) groups excluding carboxylic acids is 1. The van der Waals surface area contributed by atoms with Gasteiger partial charge in [-0.05, 0) is 27.7 Å². The third kappa shape index (κ3) is 3.20. The zero-order valence-electron chi connectivity index (χ0n) is 14.3. The van der Waals surface area contributed by atoms with Crippen molar-refractivity contribution in [3.05, 3.63) is 34.9 Å². The summed E-state index contributed by atoms with van der Waals surface area (Å²) in [5.74, 6) is -0.0790. The molecule has 0 fully saturated rings. The van der Waals surface area contributed by atoms with E-state index in [2.05, 4.69) is 20.7 Å². The van der Waals surface area contributed by atoms with Crippen molar-refractivity contribution in [1.82, 2.24) is 24.5 Å². The summed E-state index contributed by atoms with van der Waals surface area (Å²) in [5.41, 5.74) is 3.55. The quantitative estimate of drug-likeness (QED) is 0.719. The van der Waals surface area contributed by atoms with Gasteiger partial charge in [-0.2, -0.15) is 5.10 Å². The van der Waals surface area contributed by atoms with Gasteiger partial charge in [-0.15, -0.1) is 11.3 Å². The lowest BCUT2D eigenvalue weighted by Gasteiger charge is -2.11. The third-order valence-corrected chi connectivity index (χ3v) is 4.84. The van der Waals surface area contributed by atoms with E-state index in [4.69, 9.17) is 0 Å². The molecular formula is C16H22N6OS. The Morgan fingerprint density at radius 2 is 2.21 bits per heavy atom. The molecule has 0 unspecified atom stereocenters. The van der Waals surface area contributed by atoms with Gasteiger partial charge in [0, 0.05) is 30.4 Å². The van der Waals surface area contributed by atoms with Crippen molar-refractivity contribution < 1.29 is 4.79 Å². The van der Waals surface area contributed by atoms with Crippen LogP contribution in [-0.2, 0) is 11.3 Å². The van der Waals surface area contributed by atoms with Crippen LogP contribution in [0.25, 0.3) is 4.96 Å². The maximum Gasteiger partial charge on any atom is 0.238 e. The van der Waals surface area contributed by atoms with Crippen molar-refractivity contribution in [2.45, 2.75) is 40.3 Å². The first kappa shape index (κ1) is 16.7. The molecule has 0 saturated heterocycles. The van der Waals surface area contributed by atoms with Crippen LogP contribution in [0, 0.1) is 13.8 Å². The molecule has 0 aromatic carbocycles. The molecule has 0 spiro atoms. The fourth-order valence-electron chi connectivity index (χ4n) is 2.67. The molecule has 3 rings (SSSR count). The Bertz CT molecular complexity index is 833. The molecule has 1 amide bonds. The van der Waals surface area contributed by atoms with Crippen molar-refractivity contribution in [3.63, 3.8) is 0 Å². The van der Waals surface area contributed by atoms with Gasteiger partial charge in [0.05, 0.1) is 29.3 Å². The molecule has 0 aliphatic heterocycles. The van der Waals surface area contributed by atoms with E-state index in [1.807, 2.05) is 54.6 Å². The minimum absolute atomic E-state index is 0.00316. The molecule has 1 atom stereocenters. The van der Waals surface area contributed by atoms with Crippen LogP contribution < -0.4 is 10.6 Å². The van der Waals surface area contributed by atoms with Gasteiger partial charge < -0.3 is 10.6 Å². The summed E-state index contributed by atoms with van der Waals surface area (Å²) in [7, 11) is 0. The van der Waals surface area contributed by atoms with Gasteiger partial charge in [0.1, 0.15) is 0 Å². The zero-order chi connectivity index (χ0) is 17.3. The summed E-state index contributed by atoms with van der Waals surface area (Å²) in [6.07, 6.45) is 3.97. The lowest BCUT2D eigenvalue weighted by molar-refractivity contribution is -0.115. The summed E-state index contributed by atoms with van der Waals surface area (Å²) in [4.78, 5) is 17.7. The van der Waals surface area contributed by atoms with E-state index >= 15 is 0 Å². The van der Waals surface area contributed by atoms with Crippen LogP contribution in [-0.4, -0.2) is 31.6 Å². The number of hydrogen-bond acceptors (Lipinski definition) is 5. The number of thiazole rings is 1. The lowest BCUT2D eigenvalue weighted by atomic mass is 10.2. The van der Waals surface area contributed by atoms with Crippen LogP contribution in [0.3, 0.4) is 0 Å². The minimum atomic E-state index is -0.0790. The Hall–Kier alpha value is -2.19. The van der Waals surface area contributed by atoms with Crippen molar-refractivity contribution >= 4 is 27.9 Å². The second-order valence-electron chi connectivity index (χ2n) is 5.77. The second-order valence-corrected chi connectivity index (χ2v) is 6.64. The predicted molar refractivity (Wildman–Crippen MR) is 95.5 cm³/mol. The third-order valence-electron chi connectivity index (χ3n) is 4.07. The standard InChI is InChI=1S/C16H22N6OS/c1-5-22-12(4)15(11(3)20-22)19-14(23)8-17-10(2)13-9-21-6-7-24-16(21)18-13/h6-7,9-10,17H,5,8H2,1-4H3,(H,19,23)/t10-/m1/s1. The van der Waals surface area contributed by atoms with E-state index in [-0.39, 0.29) is 18.5 Å². The molecule has 0 radical (unpaired) electrons. The summed E-state index contributed by atoms with van der Waals surface area (Å²) in [5, 5.41) is 12.6. The zero-order valence-corrected chi connectivity index (χ0v) is 15.1. The number of fused-ring (bicyclic) bond motifs is 1. The van der Waals surface area contributed by atoms with Crippen LogP contribution in [0.15, 0.2) is 17.8 Å². The fourth-order valence-corrected chi connectivity index (χ4v) is 3.38. The predicted octanol–water partition coefficient (Wildman–Crippen LogP) is 2.52. The number of imidazole rings is 1. The van der Waals surface area contributed by atoms with E-state index < -0.39 is 0 Å². The SMILES string of the molecule is CCn1nc(C)c(NC(=O)CN[C@H](C)c2cn3ccsc3n2)c1C. The molecule has 7 nitrogen and oxygen atoms in total. The molecule has 3 aromatic rings. The Balaban J connectivity index is 1.59. The summed E-state index contributed by atoms with van der Waals surface area (Å²) >= 11 is 1.59. The number of nitrogens with zero attached hydrogens (tertiary/aromatic N) is 4. The van der Waals surface area contributed by atoms with Crippen molar-refractivity contribution in [3.8, 4) is 0 Å². The van der Waals surface area contributed by atoms with E-state index in [9.17, 15) is 4.79 Å². The summed E-state index contributed by atoms with van der Waals surface area (Å²) < 4.78 is 3.88. The van der Waals surface area contributed by atoms with Gasteiger partial charge in [-0.3, -0.25) is 13.9 Å². The molecule has 0 bridgehead atoms. The summed E-state index contributed by atoms with van der Waals surface area (Å²) in [6.45, 7) is 8.92. The molecule has 0 aliphatic rings. The monoisotopic (exact) mass is 346 g/mol. The number of amides is 1. The van der Waals surface area contributed by atoms with Gasteiger partial charge in [-0.25, -0.2) is 4.98 Å². The van der Waals surface area contributed by atoms with Crippen LogP contribution in [0.5, 0.6) is 0 Å². The Morgan fingerprint density at radius 3 is 2.88 bits per heavy atom. The highest BCUT2D eigenvalue weighted by molar-refractivity contribution is 7.15. The molecule has 0 aliphatic carbocycles. The van der Waals surface area contributed by atoms with Gasteiger partial charge in [0.15, 0.2) is 4.96 Å². The maximum atomic E-state index is 12.2. The highest BCUT2D eigenvalue weighted by Crippen LogP contribution is 2.19. The number of aromatic nitrogens is 4. The topological polar surface area (TPSA) is 76.2 Å². The Morgan fingerprint density at radius 1 is 1.42 bits per heavy atom. The normalized spacial score (nSPS) is 12.7. The molecule has 3 heterocycles. The average molecular weight is 346 g/mol. The number of rotatable bonds is 6. The molecule has 3 aromatic heterocycles. The maximum absolute atomic E-state index is 12.2. The van der Waals surface area contributed by atoms with Crippen molar-refractivity contribution in [2.75, 3.05) is 11.9 Å². The van der Waals surface area contributed by atoms with Crippen LogP contribution in [0.1, 0.15) is 37.0 Å². The van der Waals surface area contributed by atoms with E-state index in [0.29, 0.717) is 0 Å². The first-order valence-corrected chi connectivity index (χ1v) is 8.87. The van der Waals surface area contributed by atoms with E-state index in [1.54, 1.807) is 11.3 Å². The van der Waals surface area contributed by atoms with Gasteiger partial charge >= 0.3 is 0 Å². The first-order chi connectivity index (χ1) is 11.5. The molecular weight excluding hydrogens is 324 g/mol. The lowest BCUT2D eigenvalue weighted by Crippen LogP contribution is -2.30. The number of anilines is 1. The first-order valence-electron chi connectivity index (χ1n) is 7.99. The van der Waals surface area contributed by atoms with Crippen LogP contribution in [0.2, 0.25) is 0 Å². The molecule has 128 valence electrons. The van der Waals surface area contributed by atoms with Crippen LogP contribution in [0.4, 0.5) is 5.69 Å². The van der Waals surface area contributed by atoms with Gasteiger partial charge in [0.2, 0.25) is 5.91 Å². The molecule has 8 heteroatoms. The molecule has 2 N–H and O–H groups in total. The number of nitrogens with one attached hydrogen (secondary N) is 2. The Kier molecular flexibility index (Phi) is 4.68. The van der Waals surface area contributed by atoms with E-state index in [0.717, 1.165) is 34.3 Å². The smallest absolute Gasteiger partial charge is 0.238 e. The number of carbonyl (C=O) groups is 1. The van der Waals surface area contributed by atoms with Crippen LogP contribution >= 0.6 is 11.3 Å². The highest BCUT2D eigenvalue weighted by Gasteiger charge is 2.15. The molecule has 24 heavy (non-hydrogen) atoms. The van der Waals surface area contributed by atoms with E-state index in [1.165, 1.54) is 0 Å². The minimum Gasteiger partial charge on any atom is -0.322 e. The largest absolute Gasteiger partial charge is 0.322 e. The second kappa shape index (κ2) is 6.74. The van der Waals surface area contributed by atoms with Gasteiger partial charge in [0.25, 0.3) is 0 Å². The van der Waals surface area contributed by atoms with Crippen molar-refractivity contribution in [1.29, 1.82) is 0 Å². The van der Waals surface area contributed by atoms with Crippen molar-refractivity contribution in [2.24, 2.45) is 0 Å². The fraction of sp³-hybridized carbons (Fsp3) is 0.438. The Labute approximate surface area is 144 Å².